The Morgan fingerprint density at radius 1 is 1.23 bits per heavy atom. The highest BCUT2D eigenvalue weighted by atomic mass is 16.3. The first-order valence-electron chi connectivity index (χ1n) is 4.25. The Morgan fingerprint density at radius 3 is 2.46 bits per heavy atom. The largest absolute Gasteiger partial charge is 0.508 e. The molecule has 74 valence electrons. The lowest BCUT2D eigenvalue weighted by atomic mass is 10.1. The van der Waals surface area contributed by atoms with E-state index in [1.54, 1.807) is 12.1 Å². The summed E-state index contributed by atoms with van der Waals surface area (Å²) in [6.07, 6.45) is 3.06. The fourth-order valence-corrected chi connectivity index (χ4v) is 1.13. The molecule has 0 fully saturated rings. The Kier molecular flexibility index (Phi) is 4.92. The standard InChI is InChI=1S/C10H14O2.H2O/c1-2-3-4-8-5-6-9(11)7-10(8)12;/h5-7,11-12H,2-4H2,1H3;1H2. The van der Waals surface area contributed by atoms with Crippen molar-refractivity contribution in [1.29, 1.82) is 0 Å². The van der Waals surface area contributed by atoms with Crippen LogP contribution >= 0.6 is 0 Å². The Hall–Kier alpha value is -1.22. The molecule has 0 saturated heterocycles. The highest BCUT2D eigenvalue weighted by molar-refractivity contribution is 5.38. The van der Waals surface area contributed by atoms with Crippen LogP contribution in [0.25, 0.3) is 0 Å². The molecule has 0 heterocycles. The van der Waals surface area contributed by atoms with Crippen molar-refractivity contribution in [2.75, 3.05) is 0 Å². The lowest BCUT2D eigenvalue weighted by molar-refractivity contribution is 0.445. The van der Waals surface area contributed by atoms with E-state index < -0.39 is 0 Å². The second-order valence-corrected chi connectivity index (χ2v) is 2.92. The molecule has 0 atom stereocenters. The topological polar surface area (TPSA) is 72.0 Å². The summed E-state index contributed by atoms with van der Waals surface area (Å²) >= 11 is 0. The van der Waals surface area contributed by atoms with Gasteiger partial charge in [0.1, 0.15) is 11.5 Å². The molecule has 0 aromatic heterocycles. The maximum absolute atomic E-state index is 9.36. The van der Waals surface area contributed by atoms with Gasteiger partial charge in [-0.1, -0.05) is 19.4 Å². The minimum absolute atomic E-state index is 0. The number of phenols is 2. The van der Waals surface area contributed by atoms with E-state index in [2.05, 4.69) is 6.92 Å². The molecular formula is C10H16O3. The fourth-order valence-electron chi connectivity index (χ4n) is 1.13. The van der Waals surface area contributed by atoms with Gasteiger partial charge in [0.25, 0.3) is 0 Å². The number of rotatable bonds is 3. The van der Waals surface area contributed by atoms with Crippen molar-refractivity contribution in [2.45, 2.75) is 26.2 Å². The third-order valence-electron chi connectivity index (χ3n) is 1.87. The molecule has 0 spiro atoms. The van der Waals surface area contributed by atoms with E-state index in [9.17, 15) is 5.11 Å². The smallest absolute Gasteiger partial charge is 0.122 e. The lowest BCUT2D eigenvalue weighted by Gasteiger charge is -2.03. The van der Waals surface area contributed by atoms with Crippen molar-refractivity contribution in [3.63, 3.8) is 0 Å². The van der Waals surface area contributed by atoms with Gasteiger partial charge in [0.2, 0.25) is 0 Å². The second kappa shape index (κ2) is 5.43. The summed E-state index contributed by atoms with van der Waals surface area (Å²) in [6.45, 7) is 2.11. The SMILES string of the molecule is CCCCc1ccc(O)cc1O.O. The summed E-state index contributed by atoms with van der Waals surface area (Å²) in [4.78, 5) is 0. The molecule has 0 unspecified atom stereocenters. The predicted octanol–water partition coefficient (Wildman–Crippen LogP) is 1.62. The van der Waals surface area contributed by atoms with Crippen LogP contribution in [0.4, 0.5) is 0 Å². The number of hydrogen-bond acceptors (Lipinski definition) is 2. The Balaban J connectivity index is 0.00000144. The molecule has 1 aromatic carbocycles. The van der Waals surface area contributed by atoms with Crippen LogP contribution in [0.2, 0.25) is 0 Å². The van der Waals surface area contributed by atoms with Gasteiger partial charge in [-0.15, -0.1) is 0 Å². The summed E-state index contributed by atoms with van der Waals surface area (Å²) in [5.41, 5.74) is 0.912. The zero-order chi connectivity index (χ0) is 8.97. The highest BCUT2D eigenvalue weighted by Gasteiger charge is 2.00. The zero-order valence-corrected chi connectivity index (χ0v) is 7.75. The van der Waals surface area contributed by atoms with Crippen molar-refractivity contribution in [2.24, 2.45) is 0 Å². The van der Waals surface area contributed by atoms with Crippen molar-refractivity contribution in [3.8, 4) is 11.5 Å². The van der Waals surface area contributed by atoms with Crippen LogP contribution in [-0.4, -0.2) is 15.7 Å². The number of aryl methyl sites for hydroxylation is 1. The van der Waals surface area contributed by atoms with E-state index in [0.717, 1.165) is 24.8 Å². The van der Waals surface area contributed by atoms with E-state index in [1.165, 1.54) is 6.07 Å². The quantitative estimate of drug-likeness (QED) is 0.749. The molecule has 13 heavy (non-hydrogen) atoms. The first kappa shape index (κ1) is 11.8. The van der Waals surface area contributed by atoms with Gasteiger partial charge in [-0.05, 0) is 24.5 Å². The second-order valence-electron chi connectivity index (χ2n) is 2.92. The Labute approximate surface area is 78.0 Å². The number of hydrogen-bond donors (Lipinski definition) is 2. The summed E-state index contributed by atoms with van der Waals surface area (Å²) < 4.78 is 0. The number of aromatic hydroxyl groups is 2. The molecule has 1 aromatic rings. The highest BCUT2D eigenvalue weighted by Crippen LogP contribution is 2.23. The van der Waals surface area contributed by atoms with Crippen LogP contribution in [0.15, 0.2) is 18.2 Å². The Morgan fingerprint density at radius 2 is 1.92 bits per heavy atom. The van der Waals surface area contributed by atoms with Gasteiger partial charge in [-0.2, -0.15) is 0 Å². The van der Waals surface area contributed by atoms with Crippen molar-refractivity contribution >= 4 is 0 Å². The third kappa shape index (κ3) is 3.34. The first-order chi connectivity index (χ1) is 5.74. The van der Waals surface area contributed by atoms with Gasteiger partial charge in [0.15, 0.2) is 0 Å². The van der Waals surface area contributed by atoms with Crippen molar-refractivity contribution < 1.29 is 15.7 Å². The molecular weight excluding hydrogens is 168 g/mol. The van der Waals surface area contributed by atoms with Crippen LogP contribution in [-0.2, 0) is 6.42 Å². The van der Waals surface area contributed by atoms with Gasteiger partial charge in [0.05, 0.1) is 0 Å². The zero-order valence-electron chi connectivity index (χ0n) is 7.75. The lowest BCUT2D eigenvalue weighted by Crippen LogP contribution is -1.84. The van der Waals surface area contributed by atoms with Crippen molar-refractivity contribution in [3.05, 3.63) is 23.8 Å². The minimum Gasteiger partial charge on any atom is -0.508 e. The molecule has 0 aliphatic heterocycles. The van der Waals surface area contributed by atoms with Crippen LogP contribution in [0.3, 0.4) is 0 Å². The molecule has 0 aliphatic carbocycles. The first-order valence-corrected chi connectivity index (χ1v) is 4.25. The maximum atomic E-state index is 9.36. The third-order valence-corrected chi connectivity index (χ3v) is 1.87. The number of benzene rings is 1. The van der Waals surface area contributed by atoms with Crippen LogP contribution < -0.4 is 0 Å². The maximum Gasteiger partial charge on any atom is 0.122 e. The number of unbranched alkanes of at least 4 members (excludes halogenated alkanes) is 1. The van der Waals surface area contributed by atoms with Gasteiger partial charge < -0.3 is 15.7 Å². The normalized spacial score (nSPS) is 9.31. The summed E-state index contributed by atoms with van der Waals surface area (Å²) in [5.74, 6) is 0.316. The molecule has 3 heteroatoms. The Bertz CT molecular complexity index is 258. The molecule has 0 aliphatic rings. The minimum atomic E-state index is 0. The van der Waals surface area contributed by atoms with Gasteiger partial charge in [-0.25, -0.2) is 0 Å². The average molecular weight is 184 g/mol. The van der Waals surface area contributed by atoms with Crippen LogP contribution in [0.1, 0.15) is 25.3 Å². The van der Waals surface area contributed by atoms with Gasteiger partial charge in [0, 0.05) is 6.07 Å². The molecule has 1 rings (SSSR count). The number of phenolic OH excluding ortho intramolecular Hbond substituents is 2. The van der Waals surface area contributed by atoms with Crippen LogP contribution in [0, 0.1) is 0 Å². The predicted molar refractivity (Wildman–Crippen MR) is 52.0 cm³/mol. The summed E-state index contributed by atoms with van der Waals surface area (Å²) in [6, 6.07) is 4.75. The van der Waals surface area contributed by atoms with E-state index in [-0.39, 0.29) is 17.0 Å². The molecule has 0 bridgehead atoms. The van der Waals surface area contributed by atoms with E-state index in [1.807, 2.05) is 0 Å². The molecule has 0 amide bonds. The summed E-state index contributed by atoms with van der Waals surface area (Å²) in [5, 5.41) is 18.4. The van der Waals surface area contributed by atoms with E-state index >= 15 is 0 Å². The van der Waals surface area contributed by atoms with E-state index in [4.69, 9.17) is 5.11 Å². The fraction of sp³-hybridized carbons (Fsp3) is 0.400. The average Bonchev–Trinajstić information content (AvgIpc) is 2.03. The van der Waals surface area contributed by atoms with Crippen LogP contribution in [0.5, 0.6) is 11.5 Å². The monoisotopic (exact) mass is 184 g/mol. The molecule has 0 radical (unpaired) electrons. The van der Waals surface area contributed by atoms with Gasteiger partial charge in [-0.3, -0.25) is 0 Å². The van der Waals surface area contributed by atoms with Gasteiger partial charge >= 0.3 is 0 Å². The molecule has 0 saturated carbocycles. The van der Waals surface area contributed by atoms with Crippen molar-refractivity contribution in [1.82, 2.24) is 0 Å². The van der Waals surface area contributed by atoms with E-state index in [0.29, 0.717) is 0 Å². The molecule has 3 nitrogen and oxygen atoms in total. The summed E-state index contributed by atoms with van der Waals surface area (Å²) in [7, 11) is 0. The molecule has 4 N–H and O–H groups in total.